The number of carboxylic acids is 1. The maximum atomic E-state index is 14.1. The molecule has 48 heavy (non-hydrogen) atoms. The highest BCUT2D eigenvalue weighted by Gasteiger charge is 2.36. The topological polar surface area (TPSA) is 179 Å². The Kier molecular flexibility index (Phi) is 10.0. The SMILES string of the molecule is CCOP1(=O)Cc2ccc(c(OC)c2)Nc2ncc(C(F)(F)F)c(n2)Nc2ccc(nc2C(=O)NC)-c2cc(C(=O)O)n(c2)CCCO1. The molecule has 4 aromatic rings. The molecule has 14 nitrogen and oxygen atoms in total. The number of nitrogens with one attached hydrogen (secondary N) is 3. The van der Waals surface area contributed by atoms with E-state index in [-0.39, 0.29) is 72.5 Å². The lowest BCUT2D eigenvalue weighted by Gasteiger charge is -2.19. The number of hydrogen-bond donors (Lipinski definition) is 4. The summed E-state index contributed by atoms with van der Waals surface area (Å²) in [5.74, 6) is -2.64. The van der Waals surface area contributed by atoms with Crippen molar-refractivity contribution in [1.82, 2.24) is 24.8 Å². The summed E-state index contributed by atoms with van der Waals surface area (Å²) in [4.78, 5) is 37.3. The summed E-state index contributed by atoms with van der Waals surface area (Å²) >= 11 is 0. The molecular formula is C30H31F3N7O7P. The van der Waals surface area contributed by atoms with Gasteiger partial charge in [-0.2, -0.15) is 18.2 Å². The molecule has 8 bridgehead atoms. The van der Waals surface area contributed by atoms with Crippen molar-refractivity contribution in [2.45, 2.75) is 32.2 Å². The third kappa shape index (κ3) is 7.59. The third-order valence-electron chi connectivity index (χ3n) is 7.14. The van der Waals surface area contributed by atoms with Gasteiger partial charge < -0.3 is 39.4 Å². The zero-order valence-corrected chi connectivity index (χ0v) is 26.8. The molecule has 0 fully saturated rings. The van der Waals surface area contributed by atoms with Crippen LogP contribution in [-0.4, -0.2) is 63.9 Å². The molecule has 4 aliphatic rings. The number of halogens is 3. The number of pyridine rings is 1. The number of nitrogens with zero attached hydrogens (tertiary/aromatic N) is 4. The summed E-state index contributed by atoms with van der Waals surface area (Å²) in [5.41, 5.74) is -0.377. The molecule has 254 valence electrons. The van der Waals surface area contributed by atoms with Crippen molar-refractivity contribution in [3.63, 3.8) is 0 Å². The van der Waals surface area contributed by atoms with Crippen LogP contribution in [0.25, 0.3) is 11.3 Å². The fourth-order valence-corrected chi connectivity index (χ4v) is 6.65. The van der Waals surface area contributed by atoms with Crippen LogP contribution < -0.4 is 20.7 Å². The largest absolute Gasteiger partial charge is 0.495 e. The zero-order chi connectivity index (χ0) is 34.6. The van der Waals surface area contributed by atoms with Crippen LogP contribution >= 0.6 is 7.60 Å². The average Bonchev–Trinajstić information content (AvgIpc) is 3.47. The Hall–Kier alpha value is -4.99. The Morgan fingerprint density at radius 2 is 1.92 bits per heavy atom. The number of aromatic carboxylic acids is 1. The summed E-state index contributed by atoms with van der Waals surface area (Å²) < 4.78 is 74.1. The van der Waals surface area contributed by atoms with Crippen molar-refractivity contribution in [1.29, 1.82) is 0 Å². The van der Waals surface area contributed by atoms with Gasteiger partial charge in [-0.15, -0.1) is 0 Å². The van der Waals surface area contributed by atoms with Gasteiger partial charge in [0, 0.05) is 31.5 Å². The van der Waals surface area contributed by atoms with Gasteiger partial charge >= 0.3 is 19.7 Å². The van der Waals surface area contributed by atoms with E-state index in [1.807, 2.05) is 0 Å². The molecule has 0 aliphatic carbocycles. The Morgan fingerprint density at radius 3 is 2.60 bits per heavy atom. The Bertz CT molecular complexity index is 1900. The van der Waals surface area contributed by atoms with Gasteiger partial charge in [-0.05, 0) is 49.2 Å². The quantitative estimate of drug-likeness (QED) is 0.178. The van der Waals surface area contributed by atoms with E-state index in [0.717, 1.165) is 0 Å². The van der Waals surface area contributed by atoms with Crippen molar-refractivity contribution < 1.29 is 46.2 Å². The van der Waals surface area contributed by atoms with E-state index >= 15 is 0 Å². The van der Waals surface area contributed by atoms with Crippen LogP contribution in [0.2, 0.25) is 0 Å². The first-order valence-electron chi connectivity index (χ1n) is 14.5. The molecule has 0 spiro atoms. The number of carbonyl (C=O) groups excluding carboxylic acids is 1. The van der Waals surface area contributed by atoms with Gasteiger partial charge in [0.25, 0.3) is 5.91 Å². The molecule has 1 aromatic carbocycles. The predicted octanol–water partition coefficient (Wildman–Crippen LogP) is 6.06. The predicted molar refractivity (Wildman–Crippen MR) is 168 cm³/mol. The number of carbonyl (C=O) groups is 2. The summed E-state index contributed by atoms with van der Waals surface area (Å²) in [5, 5.41) is 17.7. The number of aromatic nitrogens is 4. The Morgan fingerprint density at radius 1 is 1.15 bits per heavy atom. The van der Waals surface area contributed by atoms with Crippen LogP contribution in [0.4, 0.5) is 36.3 Å². The van der Waals surface area contributed by atoms with Crippen LogP contribution in [-0.2, 0) is 32.5 Å². The van der Waals surface area contributed by atoms with Gasteiger partial charge in [-0.3, -0.25) is 9.36 Å². The van der Waals surface area contributed by atoms with E-state index in [1.165, 1.54) is 43.1 Å². The van der Waals surface area contributed by atoms with E-state index < -0.39 is 37.0 Å². The second-order valence-electron chi connectivity index (χ2n) is 10.4. The fraction of sp³-hybridized carbons (Fsp3) is 0.300. The van der Waals surface area contributed by atoms with E-state index in [1.54, 1.807) is 25.1 Å². The van der Waals surface area contributed by atoms with E-state index in [2.05, 4.69) is 30.9 Å². The van der Waals surface area contributed by atoms with Crippen molar-refractivity contribution in [3.05, 3.63) is 71.3 Å². The van der Waals surface area contributed by atoms with Gasteiger partial charge in [-0.25, -0.2) is 14.8 Å². The molecule has 0 radical (unpaired) electrons. The van der Waals surface area contributed by atoms with Gasteiger partial charge in [0.2, 0.25) is 5.95 Å². The van der Waals surface area contributed by atoms with Crippen molar-refractivity contribution in [2.75, 3.05) is 38.0 Å². The molecule has 0 saturated carbocycles. The number of benzene rings is 1. The van der Waals surface area contributed by atoms with Gasteiger partial charge in [0.1, 0.15) is 22.8 Å². The number of anilines is 4. The summed E-state index contributed by atoms with van der Waals surface area (Å²) in [6.07, 6.45) is -2.64. The summed E-state index contributed by atoms with van der Waals surface area (Å²) in [6, 6.07) is 8.84. The first-order chi connectivity index (χ1) is 22.8. The summed E-state index contributed by atoms with van der Waals surface area (Å²) in [7, 11) is -0.972. The lowest BCUT2D eigenvalue weighted by molar-refractivity contribution is -0.137. The molecule has 4 aliphatic heterocycles. The molecule has 3 aromatic heterocycles. The van der Waals surface area contributed by atoms with Crippen molar-refractivity contribution in [3.8, 4) is 17.0 Å². The molecular weight excluding hydrogens is 658 g/mol. The minimum absolute atomic E-state index is 0.0202. The number of ether oxygens (including phenoxy) is 1. The molecule has 8 rings (SSSR count). The van der Waals surface area contributed by atoms with E-state index in [0.29, 0.717) is 17.3 Å². The second kappa shape index (κ2) is 14.0. The molecule has 1 atom stereocenters. The van der Waals surface area contributed by atoms with Crippen LogP contribution in [0.1, 0.15) is 45.4 Å². The van der Waals surface area contributed by atoms with E-state index in [9.17, 15) is 32.4 Å². The van der Waals surface area contributed by atoms with Gasteiger partial charge in [-0.1, -0.05) is 6.07 Å². The number of rotatable bonds is 5. The zero-order valence-electron chi connectivity index (χ0n) is 25.9. The number of methoxy groups -OCH3 is 1. The van der Waals surface area contributed by atoms with Crippen LogP contribution in [0.15, 0.2) is 48.8 Å². The monoisotopic (exact) mass is 689 g/mol. The number of alkyl halides is 3. The standard InChI is InChI=1S/C30H31F3N7O7P/c1-4-46-48(44)16-17-6-7-21(24(12-17)45-3)38-29-35-14-19(30(31,32)33)26(39-29)37-22-9-8-20(36-25(22)27(41)34-2)18-13-23(28(42)43)40(15-18)10-5-11-47-48/h6-9,12-15H,4-5,10-11,16H2,1-3H3,(H,34,41)(H,42,43)(H2,35,37,38,39). The third-order valence-corrected chi connectivity index (χ3v) is 9.12. The molecule has 1 amide bonds. The average molecular weight is 690 g/mol. The number of hydrogen-bond acceptors (Lipinski definition) is 11. The van der Waals surface area contributed by atoms with Crippen LogP contribution in [0.5, 0.6) is 5.75 Å². The summed E-state index contributed by atoms with van der Waals surface area (Å²) in [6.45, 7) is 1.90. The van der Waals surface area contributed by atoms with Gasteiger partial charge in [0.05, 0.1) is 43.6 Å². The van der Waals surface area contributed by atoms with Crippen LogP contribution in [0, 0.1) is 0 Å². The lowest BCUT2D eigenvalue weighted by atomic mass is 10.1. The Balaban J connectivity index is 1.66. The molecule has 4 N–H and O–H groups in total. The lowest BCUT2D eigenvalue weighted by Crippen LogP contribution is -2.21. The number of carboxylic acid groups (broad SMARTS) is 1. The molecule has 18 heteroatoms. The molecule has 0 saturated heterocycles. The minimum atomic E-state index is -4.88. The highest BCUT2D eigenvalue weighted by Crippen LogP contribution is 2.52. The highest BCUT2D eigenvalue weighted by atomic mass is 31.2. The Labute approximate surface area is 272 Å². The maximum Gasteiger partial charge on any atom is 0.421 e. The van der Waals surface area contributed by atoms with Crippen molar-refractivity contribution in [2.24, 2.45) is 0 Å². The smallest absolute Gasteiger partial charge is 0.421 e. The second-order valence-corrected chi connectivity index (χ2v) is 12.5. The number of amides is 1. The van der Waals surface area contributed by atoms with Crippen LogP contribution in [0.3, 0.4) is 0 Å². The highest BCUT2D eigenvalue weighted by molar-refractivity contribution is 7.53. The van der Waals surface area contributed by atoms with E-state index in [4.69, 9.17) is 13.8 Å². The molecule has 7 heterocycles. The fourth-order valence-electron chi connectivity index (χ4n) is 4.94. The maximum absolute atomic E-state index is 14.1. The minimum Gasteiger partial charge on any atom is -0.495 e. The first kappa shape index (κ1) is 34.3. The van der Waals surface area contributed by atoms with Gasteiger partial charge in [0.15, 0.2) is 5.69 Å². The number of aryl methyl sites for hydroxylation is 1. The molecule has 1 unspecified atom stereocenters. The van der Waals surface area contributed by atoms with Crippen molar-refractivity contribution >= 4 is 42.6 Å². The first-order valence-corrected chi connectivity index (χ1v) is 16.3. The normalized spacial score (nSPS) is 16.6.